The third-order valence-corrected chi connectivity index (χ3v) is 1.82. The van der Waals surface area contributed by atoms with Crippen molar-refractivity contribution in [2.45, 2.75) is 51.0 Å². The Labute approximate surface area is 126 Å². The zero-order valence-corrected chi connectivity index (χ0v) is 13.8. The van der Waals surface area contributed by atoms with Crippen LogP contribution in [0.1, 0.15) is 40.5 Å². The van der Waals surface area contributed by atoms with E-state index >= 15 is 0 Å². The van der Waals surface area contributed by atoms with Gasteiger partial charge in [-0.3, -0.25) is 0 Å². The fraction of sp³-hybridized carbons (Fsp3) is 0.800. The molecule has 0 aromatic heterocycles. The van der Waals surface area contributed by atoms with Gasteiger partial charge in [0, 0.05) is 0 Å². The first kappa shape index (κ1) is 21.6. The molecule has 0 saturated heterocycles. The van der Waals surface area contributed by atoms with Gasteiger partial charge in [-0.25, -0.2) is 0 Å². The van der Waals surface area contributed by atoms with Gasteiger partial charge in [0.2, 0.25) is 0 Å². The zero-order chi connectivity index (χ0) is 11.7. The Morgan fingerprint density at radius 3 is 1.13 bits per heavy atom. The summed E-state index contributed by atoms with van der Waals surface area (Å²) in [5.74, 6) is 0. The van der Waals surface area contributed by atoms with Gasteiger partial charge < -0.3 is 25.3 Å². The minimum Gasteiger partial charge on any atom is -0.789 e. The summed E-state index contributed by atoms with van der Waals surface area (Å²) < 4.78 is 0. The van der Waals surface area contributed by atoms with Gasteiger partial charge in [-0.1, -0.05) is 38.3 Å². The maximum atomic E-state index is 4.87. The minimum absolute atomic E-state index is 0. The maximum absolute atomic E-state index is 4.87. The van der Waals surface area contributed by atoms with Crippen LogP contribution in [0.4, 0.5) is 0 Å². The molecular formula is C10H18NiS4. The topological polar surface area (TPSA) is 0 Å². The number of rotatable bonds is 4. The average molecular weight is 325 g/mol. The molecule has 0 aromatic carbocycles. The molecule has 0 amide bonds. The molecule has 0 radical (unpaired) electrons. The van der Waals surface area contributed by atoms with E-state index in [1.807, 2.05) is 27.7 Å². The smallest absolute Gasteiger partial charge is 0.789 e. The normalized spacial score (nSPS) is 12.7. The van der Waals surface area contributed by atoms with Crippen molar-refractivity contribution in [3.8, 4) is 0 Å². The summed E-state index contributed by atoms with van der Waals surface area (Å²) in [6.07, 6.45) is 1.81. The quantitative estimate of drug-likeness (QED) is 0.441. The van der Waals surface area contributed by atoms with Gasteiger partial charge in [0.05, 0.1) is 0 Å². The van der Waals surface area contributed by atoms with Crippen LogP contribution < -0.4 is 0 Å². The molecule has 92 valence electrons. The van der Waals surface area contributed by atoms with Crippen LogP contribution in [0.15, 0.2) is 0 Å². The number of thiocarbonyl (C=S) groups is 2. The summed E-state index contributed by atoms with van der Waals surface area (Å²) in [5, 5.41) is 0.634. The molecule has 5 heteroatoms. The Balaban J connectivity index is -0.000000180. The van der Waals surface area contributed by atoms with Crippen molar-refractivity contribution in [3.63, 3.8) is 0 Å². The largest absolute Gasteiger partial charge is 2.00 e. The molecule has 0 saturated carbocycles. The molecule has 0 heterocycles. The van der Waals surface area contributed by atoms with Crippen molar-refractivity contribution in [2.24, 2.45) is 0 Å². The predicted octanol–water partition coefficient (Wildman–Crippen LogP) is 3.40. The van der Waals surface area contributed by atoms with E-state index in [2.05, 4.69) is 0 Å². The van der Waals surface area contributed by atoms with Crippen LogP contribution in [-0.4, -0.2) is 20.2 Å². The van der Waals surface area contributed by atoms with Crippen molar-refractivity contribution in [3.05, 3.63) is 0 Å². The molecular weight excluding hydrogens is 307 g/mol. The van der Waals surface area contributed by atoms with E-state index in [4.69, 9.17) is 49.7 Å². The van der Waals surface area contributed by atoms with E-state index in [0.717, 1.165) is 22.6 Å². The predicted molar refractivity (Wildman–Crippen MR) is 79.4 cm³/mol. The number of hydrogen-bond donors (Lipinski definition) is 0. The fourth-order valence-corrected chi connectivity index (χ4v) is 2.02. The van der Waals surface area contributed by atoms with Crippen LogP contribution in [0.3, 0.4) is 0 Å². The van der Waals surface area contributed by atoms with E-state index < -0.39 is 0 Å². The van der Waals surface area contributed by atoms with Gasteiger partial charge in [-0.15, -0.1) is 0 Å². The number of hydrogen-bond acceptors (Lipinski definition) is 4. The standard InChI is InChI=1S/2C5H10S2.Ni/c2*1-4(6)3-5(2)7;/h2*4,6H,3H2,1-2H3;/q;;+2/p-2. The third-order valence-electron chi connectivity index (χ3n) is 1.15. The molecule has 2 atom stereocenters. The summed E-state index contributed by atoms with van der Waals surface area (Å²) in [7, 11) is 0. The van der Waals surface area contributed by atoms with Crippen LogP contribution in [0, 0.1) is 0 Å². The molecule has 0 nitrogen and oxygen atoms in total. The maximum Gasteiger partial charge on any atom is 2.00 e. The molecule has 0 aliphatic carbocycles. The molecule has 0 aliphatic rings. The van der Waals surface area contributed by atoms with Crippen LogP contribution in [0.25, 0.3) is 0 Å². The van der Waals surface area contributed by atoms with E-state index in [9.17, 15) is 0 Å². The van der Waals surface area contributed by atoms with Gasteiger partial charge in [0.15, 0.2) is 0 Å². The van der Waals surface area contributed by atoms with Crippen molar-refractivity contribution in [2.75, 3.05) is 0 Å². The Morgan fingerprint density at radius 2 is 1.13 bits per heavy atom. The van der Waals surface area contributed by atoms with E-state index in [0.29, 0.717) is 10.5 Å². The van der Waals surface area contributed by atoms with Gasteiger partial charge in [0.25, 0.3) is 0 Å². The second-order valence-electron chi connectivity index (χ2n) is 3.43. The van der Waals surface area contributed by atoms with E-state index in [-0.39, 0.29) is 16.5 Å². The molecule has 0 aliphatic heterocycles. The van der Waals surface area contributed by atoms with Crippen molar-refractivity contribution in [1.29, 1.82) is 0 Å². The van der Waals surface area contributed by atoms with Gasteiger partial charge in [-0.2, -0.15) is 10.5 Å². The fourth-order valence-electron chi connectivity index (χ4n) is 0.810. The Kier molecular flexibility index (Phi) is 19.4. The van der Waals surface area contributed by atoms with E-state index in [1.54, 1.807) is 0 Å². The monoisotopic (exact) mass is 324 g/mol. The first-order valence-electron chi connectivity index (χ1n) is 4.56. The zero-order valence-electron chi connectivity index (χ0n) is 9.52. The molecule has 0 bridgehead atoms. The molecule has 0 aromatic rings. The molecule has 2 unspecified atom stereocenters. The average Bonchev–Trinajstić information content (AvgIpc) is 1.79. The van der Waals surface area contributed by atoms with Crippen molar-refractivity contribution < 1.29 is 16.5 Å². The van der Waals surface area contributed by atoms with Crippen LogP contribution in [0.5, 0.6) is 0 Å². The summed E-state index contributed by atoms with van der Waals surface area (Å²) >= 11 is 19.3. The van der Waals surface area contributed by atoms with Crippen LogP contribution in [-0.2, 0) is 41.7 Å². The van der Waals surface area contributed by atoms with Crippen molar-refractivity contribution in [1.82, 2.24) is 0 Å². The van der Waals surface area contributed by atoms with Crippen LogP contribution in [0.2, 0.25) is 0 Å². The Morgan fingerprint density at radius 1 is 0.933 bits per heavy atom. The summed E-state index contributed by atoms with van der Waals surface area (Å²) in [5.41, 5.74) is 0. The SMILES string of the molecule is CC(=S)CC(C)[S-].CC(=S)CC(C)[S-].[Ni+2]. The first-order chi connectivity index (χ1) is 6.25. The van der Waals surface area contributed by atoms with Gasteiger partial charge in [-0.05, 0) is 36.4 Å². The molecule has 0 fully saturated rings. The summed E-state index contributed by atoms with van der Waals surface area (Å²) in [6, 6.07) is 0. The van der Waals surface area contributed by atoms with Crippen molar-refractivity contribution >= 4 is 59.4 Å². The minimum atomic E-state index is 0. The summed E-state index contributed by atoms with van der Waals surface area (Å²) in [4.78, 5) is 2.03. The molecule has 0 spiro atoms. The molecule has 0 N–H and O–H groups in total. The van der Waals surface area contributed by atoms with Gasteiger partial charge >= 0.3 is 16.5 Å². The van der Waals surface area contributed by atoms with Crippen LogP contribution >= 0.6 is 24.4 Å². The Bertz CT molecular complexity index is 158. The second kappa shape index (κ2) is 13.4. The molecule has 15 heavy (non-hydrogen) atoms. The second-order valence-corrected chi connectivity index (χ2v) is 6.44. The van der Waals surface area contributed by atoms with E-state index in [1.165, 1.54) is 0 Å². The van der Waals surface area contributed by atoms with Gasteiger partial charge in [0.1, 0.15) is 0 Å². The molecule has 0 rings (SSSR count). The first-order valence-corrected chi connectivity index (χ1v) is 6.32. The third kappa shape index (κ3) is 31.3. The summed E-state index contributed by atoms with van der Waals surface area (Å²) in [6.45, 7) is 7.84. The Hall–Kier alpha value is 1.37.